The van der Waals surface area contributed by atoms with Gasteiger partial charge in [0.25, 0.3) is 0 Å². The maximum Gasteiger partial charge on any atom is 0.312 e. The van der Waals surface area contributed by atoms with Crippen LogP contribution in [-0.4, -0.2) is 5.97 Å². The molecule has 0 fully saturated rings. The SMILES string of the molecule is Cc1c(CC/C=C/c2ccccc2)c(OCc2ccccc2)c(C)c2c1OC(=O)CC2(C)C. The summed E-state index contributed by atoms with van der Waals surface area (Å²) in [7, 11) is 0. The molecule has 1 heterocycles. The second-order valence-corrected chi connectivity index (χ2v) is 9.42. The first-order chi connectivity index (χ1) is 15.9. The number of carbonyl (C=O) groups excluding carboxylic acids is 1. The first-order valence-electron chi connectivity index (χ1n) is 11.6. The van der Waals surface area contributed by atoms with E-state index in [0.29, 0.717) is 13.0 Å². The first-order valence-corrected chi connectivity index (χ1v) is 11.6. The number of hydrogen-bond acceptors (Lipinski definition) is 3. The molecule has 3 nitrogen and oxygen atoms in total. The highest BCUT2D eigenvalue weighted by Gasteiger charge is 2.38. The number of benzene rings is 3. The van der Waals surface area contributed by atoms with Crippen molar-refractivity contribution in [2.24, 2.45) is 0 Å². The lowest BCUT2D eigenvalue weighted by Crippen LogP contribution is -2.32. The number of fused-ring (bicyclic) bond motifs is 1. The van der Waals surface area contributed by atoms with Crippen LogP contribution in [0.5, 0.6) is 11.5 Å². The third-order valence-electron chi connectivity index (χ3n) is 6.39. The van der Waals surface area contributed by atoms with Gasteiger partial charge in [-0.05, 0) is 48.9 Å². The van der Waals surface area contributed by atoms with Crippen molar-refractivity contribution in [2.75, 3.05) is 0 Å². The monoisotopic (exact) mass is 440 g/mol. The molecule has 170 valence electrons. The molecule has 0 aliphatic carbocycles. The molecule has 0 N–H and O–H groups in total. The summed E-state index contributed by atoms with van der Waals surface area (Å²) in [5.41, 5.74) is 6.31. The predicted octanol–water partition coefficient (Wildman–Crippen LogP) is 7.12. The highest BCUT2D eigenvalue weighted by molar-refractivity contribution is 5.80. The van der Waals surface area contributed by atoms with Gasteiger partial charge in [-0.3, -0.25) is 4.79 Å². The van der Waals surface area contributed by atoms with Gasteiger partial charge in [0.2, 0.25) is 0 Å². The second-order valence-electron chi connectivity index (χ2n) is 9.42. The molecule has 0 saturated heterocycles. The number of hydrogen-bond donors (Lipinski definition) is 0. The standard InChI is InChI=1S/C30H32O3/c1-21-25(18-12-11-15-23-13-7-5-8-14-23)28(32-20-24-16-9-6-10-17-24)22(2)27-29(21)33-26(31)19-30(27,3)4/h5-11,13-17H,12,18-20H2,1-4H3/b15-11+. The minimum atomic E-state index is -0.296. The Labute approximate surface area is 197 Å². The maximum absolute atomic E-state index is 12.4. The summed E-state index contributed by atoms with van der Waals surface area (Å²) >= 11 is 0. The average molecular weight is 441 g/mol. The van der Waals surface area contributed by atoms with Crippen LogP contribution in [0.2, 0.25) is 0 Å². The van der Waals surface area contributed by atoms with E-state index in [4.69, 9.17) is 9.47 Å². The van der Waals surface area contributed by atoms with Gasteiger partial charge in [0.15, 0.2) is 0 Å². The molecule has 3 heteroatoms. The lowest BCUT2D eigenvalue weighted by Gasteiger charge is -2.35. The molecule has 0 radical (unpaired) electrons. The summed E-state index contributed by atoms with van der Waals surface area (Å²) in [5, 5.41) is 0. The second kappa shape index (κ2) is 9.66. The number of esters is 1. The van der Waals surface area contributed by atoms with Gasteiger partial charge in [0.05, 0.1) is 6.42 Å². The van der Waals surface area contributed by atoms with Crippen molar-refractivity contribution < 1.29 is 14.3 Å². The van der Waals surface area contributed by atoms with Gasteiger partial charge >= 0.3 is 5.97 Å². The number of ether oxygens (including phenoxy) is 2. The molecule has 1 aliphatic rings. The Hall–Kier alpha value is -3.33. The minimum Gasteiger partial charge on any atom is -0.488 e. The Morgan fingerprint density at radius 3 is 2.33 bits per heavy atom. The van der Waals surface area contributed by atoms with Gasteiger partial charge in [0, 0.05) is 16.5 Å². The molecule has 3 aromatic carbocycles. The van der Waals surface area contributed by atoms with E-state index in [9.17, 15) is 4.79 Å². The van der Waals surface area contributed by atoms with E-state index >= 15 is 0 Å². The molecule has 0 aromatic heterocycles. The summed E-state index contributed by atoms with van der Waals surface area (Å²) in [6.07, 6.45) is 6.39. The van der Waals surface area contributed by atoms with Gasteiger partial charge in [0.1, 0.15) is 18.1 Å². The minimum absolute atomic E-state index is 0.164. The van der Waals surface area contributed by atoms with Gasteiger partial charge in [-0.25, -0.2) is 0 Å². The maximum atomic E-state index is 12.4. The highest BCUT2D eigenvalue weighted by Crippen LogP contribution is 2.48. The molecule has 0 atom stereocenters. The molecule has 3 aromatic rings. The molecule has 1 aliphatic heterocycles. The third-order valence-corrected chi connectivity index (χ3v) is 6.39. The summed E-state index contributed by atoms with van der Waals surface area (Å²) in [5.74, 6) is 1.49. The third kappa shape index (κ3) is 5.03. The molecule has 4 rings (SSSR count). The van der Waals surface area contributed by atoms with Crippen LogP contribution in [0.25, 0.3) is 6.08 Å². The largest absolute Gasteiger partial charge is 0.488 e. The quantitative estimate of drug-likeness (QED) is 0.290. The van der Waals surface area contributed by atoms with Crippen molar-refractivity contribution in [1.82, 2.24) is 0 Å². The van der Waals surface area contributed by atoms with Gasteiger partial charge in [-0.15, -0.1) is 0 Å². The van der Waals surface area contributed by atoms with E-state index in [1.54, 1.807) is 0 Å². The zero-order valence-corrected chi connectivity index (χ0v) is 20.0. The Bertz CT molecular complexity index is 1160. The molecule has 0 unspecified atom stereocenters. The summed E-state index contributed by atoms with van der Waals surface area (Å²) in [6, 6.07) is 20.5. The first kappa shape index (κ1) is 22.8. The van der Waals surface area contributed by atoms with Crippen LogP contribution in [0.15, 0.2) is 66.7 Å². The van der Waals surface area contributed by atoms with E-state index in [1.807, 2.05) is 36.4 Å². The lowest BCUT2D eigenvalue weighted by atomic mass is 9.75. The summed E-state index contributed by atoms with van der Waals surface area (Å²) in [4.78, 5) is 12.4. The van der Waals surface area contributed by atoms with Crippen LogP contribution >= 0.6 is 0 Å². The molecule has 0 spiro atoms. The van der Waals surface area contributed by atoms with Crippen molar-refractivity contribution in [3.8, 4) is 11.5 Å². The van der Waals surface area contributed by atoms with E-state index in [0.717, 1.165) is 52.2 Å². The van der Waals surface area contributed by atoms with Crippen LogP contribution in [0.1, 0.15) is 60.1 Å². The Morgan fingerprint density at radius 2 is 1.64 bits per heavy atom. The zero-order chi connectivity index (χ0) is 23.4. The topological polar surface area (TPSA) is 35.5 Å². The molecule has 33 heavy (non-hydrogen) atoms. The fraction of sp³-hybridized carbons (Fsp3) is 0.300. The van der Waals surface area contributed by atoms with Gasteiger partial charge in [-0.2, -0.15) is 0 Å². The van der Waals surface area contributed by atoms with Crippen LogP contribution in [0, 0.1) is 13.8 Å². The Balaban J connectivity index is 1.69. The Morgan fingerprint density at radius 1 is 0.970 bits per heavy atom. The number of allylic oxidation sites excluding steroid dienone is 1. The number of rotatable bonds is 7. The van der Waals surface area contributed by atoms with Crippen LogP contribution < -0.4 is 9.47 Å². The molecule has 0 amide bonds. The fourth-order valence-corrected chi connectivity index (χ4v) is 4.78. The Kier molecular flexibility index (Phi) is 6.69. The molecule has 0 saturated carbocycles. The fourth-order valence-electron chi connectivity index (χ4n) is 4.78. The van der Waals surface area contributed by atoms with Gasteiger partial charge < -0.3 is 9.47 Å². The van der Waals surface area contributed by atoms with E-state index in [1.165, 1.54) is 5.56 Å². The van der Waals surface area contributed by atoms with Crippen LogP contribution in [0.4, 0.5) is 0 Å². The molecule has 0 bridgehead atoms. The number of carbonyl (C=O) groups is 1. The zero-order valence-electron chi connectivity index (χ0n) is 20.0. The van der Waals surface area contributed by atoms with E-state index < -0.39 is 0 Å². The highest BCUT2D eigenvalue weighted by atomic mass is 16.5. The lowest BCUT2D eigenvalue weighted by molar-refractivity contribution is -0.137. The summed E-state index contributed by atoms with van der Waals surface area (Å²) in [6.45, 7) is 8.89. The van der Waals surface area contributed by atoms with Crippen molar-refractivity contribution in [3.63, 3.8) is 0 Å². The van der Waals surface area contributed by atoms with Crippen LogP contribution in [0.3, 0.4) is 0 Å². The molecular formula is C30H32O3. The van der Waals surface area contributed by atoms with E-state index in [2.05, 4.69) is 64.1 Å². The van der Waals surface area contributed by atoms with Crippen molar-refractivity contribution in [1.29, 1.82) is 0 Å². The van der Waals surface area contributed by atoms with Crippen molar-refractivity contribution in [2.45, 2.75) is 59.0 Å². The molecular weight excluding hydrogens is 408 g/mol. The normalized spacial score (nSPS) is 14.7. The van der Waals surface area contributed by atoms with Gasteiger partial charge in [-0.1, -0.05) is 86.7 Å². The average Bonchev–Trinajstić information content (AvgIpc) is 2.79. The predicted molar refractivity (Wildman–Crippen MR) is 134 cm³/mol. The smallest absolute Gasteiger partial charge is 0.312 e. The summed E-state index contributed by atoms with van der Waals surface area (Å²) < 4.78 is 12.3. The van der Waals surface area contributed by atoms with Crippen molar-refractivity contribution >= 4 is 12.0 Å². The van der Waals surface area contributed by atoms with Crippen LogP contribution in [-0.2, 0) is 23.2 Å². The van der Waals surface area contributed by atoms with Crippen molar-refractivity contribution in [3.05, 3.63) is 100 Å². The van der Waals surface area contributed by atoms with E-state index in [-0.39, 0.29) is 11.4 Å².